The van der Waals surface area contributed by atoms with Gasteiger partial charge in [-0.15, -0.1) is 0 Å². The van der Waals surface area contributed by atoms with E-state index in [1.54, 1.807) is 18.2 Å². The van der Waals surface area contributed by atoms with Crippen LogP contribution < -0.4 is 16.2 Å². The van der Waals surface area contributed by atoms with Gasteiger partial charge in [-0.3, -0.25) is 4.79 Å². The summed E-state index contributed by atoms with van der Waals surface area (Å²) in [6, 6.07) is 10.9. The summed E-state index contributed by atoms with van der Waals surface area (Å²) in [5.41, 5.74) is 14.6. The van der Waals surface area contributed by atoms with Crippen LogP contribution >= 0.6 is 11.6 Å². The van der Waals surface area contributed by atoms with Crippen molar-refractivity contribution in [2.75, 3.05) is 6.61 Å². The Kier molecular flexibility index (Phi) is 4.27. The maximum absolute atomic E-state index is 12.1. The number of nitrogens with two attached hydrogens (primary N) is 2. The second kappa shape index (κ2) is 6.37. The van der Waals surface area contributed by atoms with Crippen LogP contribution in [-0.2, 0) is 0 Å². The van der Waals surface area contributed by atoms with E-state index in [0.717, 1.165) is 22.3 Å². The first-order valence-electron chi connectivity index (χ1n) is 7.33. The lowest BCUT2D eigenvalue weighted by molar-refractivity contribution is 0.100. The van der Waals surface area contributed by atoms with Crippen LogP contribution in [0.4, 0.5) is 0 Å². The molecule has 0 fully saturated rings. The second-order valence-electron chi connectivity index (χ2n) is 5.46. The van der Waals surface area contributed by atoms with Crippen LogP contribution in [0.2, 0.25) is 5.02 Å². The van der Waals surface area contributed by atoms with Gasteiger partial charge >= 0.3 is 0 Å². The number of nitrogens with zero attached hydrogens (tertiary/aromatic N) is 1. The Balaban J connectivity index is 2.09. The van der Waals surface area contributed by atoms with Crippen LogP contribution in [0.15, 0.2) is 47.5 Å². The molecule has 0 radical (unpaired) electrons. The molecule has 0 bridgehead atoms. The average molecular weight is 342 g/mol. The van der Waals surface area contributed by atoms with Gasteiger partial charge in [-0.05, 0) is 48.4 Å². The molecule has 0 aromatic heterocycles. The van der Waals surface area contributed by atoms with E-state index in [1.807, 2.05) is 31.2 Å². The standard InChI is InChI=1S/C18H16ClN3O2/c1-10-2-4-13(15(19)8-10)12-6-7-24-16-5-3-11(9-14(12)16)17(23)22-18(20)21/h2-6,8-9H,7H2,1H3,(H4,20,21,22,23). The van der Waals surface area contributed by atoms with E-state index in [-0.39, 0.29) is 5.96 Å². The molecule has 4 N–H and O–H groups in total. The minimum Gasteiger partial charge on any atom is -0.489 e. The molecule has 3 rings (SSSR count). The molecule has 5 nitrogen and oxygen atoms in total. The van der Waals surface area contributed by atoms with E-state index in [0.29, 0.717) is 22.9 Å². The van der Waals surface area contributed by atoms with Crippen molar-refractivity contribution >= 4 is 29.0 Å². The Hall–Kier alpha value is -2.79. The topological polar surface area (TPSA) is 90.7 Å². The minimum atomic E-state index is -0.502. The summed E-state index contributed by atoms with van der Waals surface area (Å²) in [6.45, 7) is 2.42. The van der Waals surface area contributed by atoms with Gasteiger partial charge in [0.15, 0.2) is 5.96 Å². The number of hydrogen-bond donors (Lipinski definition) is 2. The fourth-order valence-corrected chi connectivity index (χ4v) is 2.94. The number of carbonyl (C=O) groups is 1. The summed E-state index contributed by atoms with van der Waals surface area (Å²) in [7, 11) is 0. The van der Waals surface area contributed by atoms with E-state index in [1.165, 1.54) is 0 Å². The molecular weight excluding hydrogens is 326 g/mol. The van der Waals surface area contributed by atoms with Crippen LogP contribution in [0, 0.1) is 6.92 Å². The third-order valence-corrected chi connectivity index (χ3v) is 4.00. The average Bonchev–Trinajstić information content (AvgIpc) is 2.53. The third-order valence-electron chi connectivity index (χ3n) is 3.69. The van der Waals surface area contributed by atoms with E-state index in [2.05, 4.69) is 4.99 Å². The van der Waals surface area contributed by atoms with E-state index < -0.39 is 5.91 Å². The van der Waals surface area contributed by atoms with Crippen molar-refractivity contribution < 1.29 is 9.53 Å². The number of aryl methyl sites for hydroxylation is 1. The van der Waals surface area contributed by atoms with Crippen LogP contribution in [0.1, 0.15) is 27.0 Å². The van der Waals surface area contributed by atoms with Crippen LogP contribution in [0.25, 0.3) is 5.57 Å². The first-order valence-corrected chi connectivity index (χ1v) is 7.71. The van der Waals surface area contributed by atoms with E-state index in [4.69, 9.17) is 27.8 Å². The SMILES string of the molecule is Cc1ccc(C2=CCOc3ccc(C(=O)N=C(N)N)cc32)c(Cl)c1. The Morgan fingerprint density at radius 3 is 2.67 bits per heavy atom. The predicted octanol–water partition coefficient (Wildman–Crippen LogP) is 2.89. The van der Waals surface area contributed by atoms with Crippen LogP contribution in [0.5, 0.6) is 5.75 Å². The summed E-state index contributed by atoms with van der Waals surface area (Å²) >= 11 is 6.40. The van der Waals surface area contributed by atoms with Gasteiger partial charge in [0.2, 0.25) is 0 Å². The molecule has 0 spiro atoms. The maximum atomic E-state index is 12.1. The van der Waals surface area contributed by atoms with Crippen LogP contribution in [-0.4, -0.2) is 18.5 Å². The Labute approximate surface area is 144 Å². The van der Waals surface area contributed by atoms with Crippen molar-refractivity contribution in [2.24, 2.45) is 16.5 Å². The number of ether oxygens (including phenoxy) is 1. The molecule has 0 aliphatic carbocycles. The number of benzene rings is 2. The van der Waals surface area contributed by atoms with E-state index >= 15 is 0 Å². The van der Waals surface area contributed by atoms with Gasteiger partial charge in [-0.25, -0.2) is 0 Å². The molecule has 2 aromatic carbocycles. The van der Waals surface area contributed by atoms with Gasteiger partial charge in [-0.1, -0.05) is 23.7 Å². The van der Waals surface area contributed by atoms with Gasteiger partial charge in [0, 0.05) is 21.7 Å². The van der Waals surface area contributed by atoms with Crippen molar-refractivity contribution in [1.82, 2.24) is 0 Å². The normalized spacial score (nSPS) is 12.7. The quantitative estimate of drug-likeness (QED) is 0.649. The fraction of sp³-hybridized carbons (Fsp3) is 0.111. The number of fused-ring (bicyclic) bond motifs is 1. The monoisotopic (exact) mass is 341 g/mol. The molecule has 1 heterocycles. The molecule has 1 aliphatic rings. The zero-order valence-electron chi connectivity index (χ0n) is 13.0. The predicted molar refractivity (Wildman–Crippen MR) is 95.3 cm³/mol. The molecule has 6 heteroatoms. The smallest absolute Gasteiger partial charge is 0.280 e. The fourth-order valence-electron chi connectivity index (χ4n) is 2.60. The summed E-state index contributed by atoms with van der Waals surface area (Å²) in [5, 5.41) is 0.648. The van der Waals surface area contributed by atoms with Gasteiger partial charge in [0.05, 0.1) is 0 Å². The molecule has 2 aromatic rings. The zero-order chi connectivity index (χ0) is 17.3. The molecule has 0 atom stereocenters. The minimum absolute atomic E-state index is 0.272. The van der Waals surface area contributed by atoms with Gasteiger partial charge in [0.25, 0.3) is 5.91 Å². The summed E-state index contributed by atoms with van der Waals surface area (Å²) in [6.07, 6.45) is 1.94. The summed E-state index contributed by atoms with van der Waals surface area (Å²) < 4.78 is 5.64. The third kappa shape index (κ3) is 3.12. The molecular formula is C18H16ClN3O2. The second-order valence-corrected chi connectivity index (χ2v) is 5.87. The highest BCUT2D eigenvalue weighted by Crippen LogP contribution is 2.37. The van der Waals surface area contributed by atoms with Gasteiger partial charge < -0.3 is 16.2 Å². The number of amides is 1. The maximum Gasteiger partial charge on any atom is 0.280 e. The molecule has 0 saturated heterocycles. The molecule has 0 unspecified atom stereocenters. The molecule has 24 heavy (non-hydrogen) atoms. The lowest BCUT2D eigenvalue weighted by Gasteiger charge is -2.20. The summed E-state index contributed by atoms with van der Waals surface area (Å²) in [5.74, 6) is -0.0885. The summed E-state index contributed by atoms with van der Waals surface area (Å²) in [4.78, 5) is 15.6. The Morgan fingerprint density at radius 2 is 1.96 bits per heavy atom. The lowest BCUT2D eigenvalue weighted by atomic mass is 9.93. The van der Waals surface area contributed by atoms with Crippen LogP contribution in [0.3, 0.4) is 0 Å². The highest BCUT2D eigenvalue weighted by atomic mass is 35.5. The highest BCUT2D eigenvalue weighted by molar-refractivity contribution is 6.32. The van der Waals surface area contributed by atoms with Crippen molar-refractivity contribution in [3.63, 3.8) is 0 Å². The first kappa shape index (κ1) is 16.1. The number of halogens is 1. The highest BCUT2D eigenvalue weighted by Gasteiger charge is 2.19. The number of carbonyl (C=O) groups excluding carboxylic acids is 1. The lowest BCUT2D eigenvalue weighted by Crippen LogP contribution is -2.24. The van der Waals surface area contributed by atoms with Crippen molar-refractivity contribution in [3.8, 4) is 5.75 Å². The van der Waals surface area contributed by atoms with E-state index in [9.17, 15) is 4.79 Å². The number of aliphatic imine (C=N–C) groups is 1. The molecule has 1 amide bonds. The molecule has 1 aliphatic heterocycles. The zero-order valence-corrected chi connectivity index (χ0v) is 13.8. The number of guanidine groups is 1. The van der Waals surface area contributed by atoms with Gasteiger partial charge in [0.1, 0.15) is 12.4 Å². The van der Waals surface area contributed by atoms with Crippen molar-refractivity contribution in [3.05, 3.63) is 69.8 Å². The van der Waals surface area contributed by atoms with Crippen molar-refractivity contribution in [1.29, 1.82) is 0 Å². The number of rotatable bonds is 2. The number of hydrogen-bond acceptors (Lipinski definition) is 2. The Morgan fingerprint density at radius 1 is 1.17 bits per heavy atom. The Bertz CT molecular complexity index is 884. The first-order chi connectivity index (χ1) is 11.5. The van der Waals surface area contributed by atoms with Gasteiger partial charge in [-0.2, -0.15) is 4.99 Å². The molecule has 0 saturated carbocycles. The largest absolute Gasteiger partial charge is 0.489 e. The molecule has 122 valence electrons. The van der Waals surface area contributed by atoms with Crippen molar-refractivity contribution in [2.45, 2.75) is 6.92 Å².